The van der Waals surface area contributed by atoms with Crippen LogP contribution in [0.15, 0.2) is 6.20 Å². The third kappa shape index (κ3) is 2.23. The van der Waals surface area contributed by atoms with Crippen LogP contribution in [0.25, 0.3) is 0 Å². The summed E-state index contributed by atoms with van der Waals surface area (Å²) in [5, 5.41) is 0. The first-order valence-corrected chi connectivity index (χ1v) is 4.38. The molecule has 1 rings (SSSR count). The number of hydrogen-bond donors (Lipinski definition) is 1. The molecule has 0 spiro atoms. The first kappa shape index (κ1) is 12.3. The fourth-order valence-electron chi connectivity index (χ4n) is 1.10. The van der Waals surface area contributed by atoms with Gasteiger partial charge in [-0.2, -0.15) is 0 Å². The van der Waals surface area contributed by atoms with E-state index in [1.54, 1.807) is 0 Å². The van der Waals surface area contributed by atoms with Gasteiger partial charge in [0.15, 0.2) is 5.82 Å². The Morgan fingerprint density at radius 1 is 1.62 bits per heavy atom. The van der Waals surface area contributed by atoms with Gasteiger partial charge in [0.05, 0.1) is 18.5 Å². The number of hydrogen-bond acceptors (Lipinski definition) is 4. The van der Waals surface area contributed by atoms with Crippen molar-refractivity contribution < 1.29 is 22.7 Å². The van der Waals surface area contributed by atoms with Crippen LogP contribution >= 0.6 is 0 Å². The first-order valence-electron chi connectivity index (χ1n) is 4.38. The Morgan fingerprint density at radius 3 is 2.75 bits per heavy atom. The van der Waals surface area contributed by atoms with Gasteiger partial charge in [-0.1, -0.05) is 0 Å². The third-order valence-electron chi connectivity index (χ3n) is 1.79. The van der Waals surface area contributed by atoms with Gasteiger partial charge in [-0.3, -0.25) is 4.98 Å². The first-order chi connectivity index (χ1) is 7.49. The van der Waals surface area contributed by atoms with Crippen LogP contribution in [-0.4, -0.2) is 17.6 Å². The summed E-state index contributed by atoms with van der Waals surface area (Å²) in [4.78, 5) is 14.4. The van der Waals surface area contributed by atoms with Crippen LogP contribution in [0.2, 0.25) is 0 Å². The Morgan fingerprint density at radius 2 is 2.25 bits per heavy atom. The van der Waals surface area contributed by atoms with Gasteiger partial charge in [0.25, 0.3) is 6.43 Å². The summed E-state index contributed by atoms with van der Waals surface area (Å²) in [5.41, 5.74) is 2.94. The Labute approximate surface area is 89.2 Å². The van der Waals surface area contributed by atoms with E-state index in [1.807, 2.05) is 0 Å². The molecule has 0 aliphatic rings. The molecule has 1 heterocycles. The fraction of sp³-hybridized carbons (Fsp3) is 0.333. The Bertz CT molecular complexity index is 410. The molecule has 2 N–H and O–H groups in total. The maximum Gasteiger partial charge on any atom is 0.342 e. The standard InChI is InChI=1S/C9H9F3N2O2/c1-2-16-9(15)5-6(13)4(10)3-14-7(5)8(11)12/h3,8H,2H2,1H3,(H2,13,14). The van der Waals surface area contributed by atoms with Gasteiger partial charge < -0.3 is 10.5 Å². The Kier molecular flexibility index (Phi) is 3.70. The SMILES string of the molecule is CCOC(=O)c1c(C(F)F)ncc(F)c1N. The van der Waals surface area contributed by atoms with Crippen molar-refractivity contribution in [3.63, 3.8) is 0 Å². The number of esters is 1. The monoisotopic (exact) mass is 234 g/mol. The van der Waals surface area contributed by atoms with Crippen molar-refractivity contribution in [2.24, 2.45) is 0 Å². The number of halogens is 3. The largest absolute Gasteiger partial charge is 0.462 e. The molecule has 0 amide bonds. The highest BCUT2D eigenvalue weighted by Crippen LogP contribution is 2.27. The number of nitrogens with zero attached hydrogens (tertiary/aromatic N) is 1. The van der Waals surface area contributed by atoms with Crippen molar-refractivity contribution in [2.75, 3.05) is 12.3 Å². The van der Waals surface area contributed by atoms with E-state index in [4.69, 9.17) is 5.73 Å². The smallest absolute Gasteiger partial charge is 0.342 e. The molecule has 88 valence electrons. The summed E-state index contributed by atoms with van der Waals surface area (Å²) in [7, 11) is 0. The molecule has 0 saturated carbocycles. The molecular weight excluding hydrogens is 225 g/mol. The maximum absolute atomic E-state index is 13.0. The Balaban J connectivity index is 3.31. The lowest BCUT2D eigenvalue weighted by Gasteiger charge is -2.10. The number of rotatable bonds is 3. The van der Waals surface area contributed by atoms with Gasteiger partial charge >= 0.3 is 5.97 Å². The molecule has 0 aliphatic heterocycles. The molecule has 0 fully saturated rings. The molecule has 4 nitrogen and oxygen atoms in total. The van der Waals surface area contributed by atoms with Crippen molar-refractivity contribution in [3.05, 3.63) is 23.3 Å². The molecule has 0 atom stereocenters. The van der Waals surface area contributed by atoms with Crippen LogP contribution in [-0.2, 0) is 4.74 Å². The molecule has 0 bridgehead atoms. The van der Waals surface area contributed by atoms with Crippen molar-refractivity contribution in [1.82, 2.24) is 4.98 Å². The summed E-state index contributed by atoms with van der Waals surface area (Å²) in [6, 6.07) is 0. The lowest BCUT2D eigenvalue weighted by Crippen LogP contribution is -2.14. The van der Waals surface area contributed by atoms with Crippen LogP contribution in [0.1, 0.15) is 29.4 Å². The van der Waals surface area contributed by atoms with E-state index in [-0.39, 0.29) is 6.61 Å². The third-order valence-corrected chi connectivity index (χ3v) is 1.79. The van der Waals surface area contributed by atoms with E-state index >= 15 is 0 Å². The average molecular weight is 234 g/mol. The normalized spacial score (nSPS) is 10.6. The second kappa shape index (κ2) is 4.82. The van der Waals surface area contributed by atoms with Crippen LogP contribution < -0.4 is 5.73 Å². The minimum Gasteiger partial charge on any atom is -0.462 e. The zero-order valence-corrected chi connectivity index (χ0v) is 8.34. The quantitative estimate of drug-likeness (QED) is 0.811. The van der Waals surface area contributed by atoms with Crippen LogP contribution in [0, 0.1) is 5.82 Å². The topological polar surface area (TPSA) is 65.2 Å². The number of alkyl halides is 2. The number of nitrogens with two attached hydrogens (primary N) is 1. The van der Waals surface area contributed by atoms with Crippen molar-refractivity contribution in [3.8, 4) is 0 Å². The second-order valence-corrected chi connectivity index (χ2v) is 2.80. The van der Waals surface area contributed by atoms with Gasteiger partial charge in [-0.25, -0.2) is 18.0 Å². The Hall–Kier alpha value is -1.79. The van der Waals surface area contributed by atoms with Gasteiger partial charge in [0.2, 0.25) is 0 Å². The van der Waals surface area contributed by atoms with Crippen molar-refractivity contribution >= 4 is 11.7 Å². The van der Waals surface area contributed by atoms with E-state index in [1.165, 1.54) is 6.92 Å². The van der Waals surface area contributed by atoms with E-state index in [0.29, 0.717) is 6.20 Å². The number of pyridine rings is 1. The van der Waals surface area contributed by atoms with E-state index in [0.717, 1.165) is 0 Å². The van der Waals surface area contributed by atoms with E-state index in [2.05, 4.69) is 9.72 Å². The average Bonchev–Trinajstić information content (AvgIpc) is 2.21. The molecule has 0 aliphatic carbocycles. The number of aromatic nitrogens is 1. The maximum atomic E-state index is 13.0. The number of anilines is 1. The van der Waals surface area contributed by atoms with Gasteiger partial charge in [0, 0.05) is 0 Å². The number of carbonyl (C=O) groups excluding carboxylic acids is 1. The predicted molar refractivity (Wildman–Crippen MR) is 49.5 cm³/mol. The molecule has 16 heavy (non-hydrogen) atoms. The molecule has 0 aromatic carbocycles. The molecule has 0 unspecified atom stereocenters. The zero-order chi connectivity index (χ0) is 12.3. The summed E-state index contributed by atoms with van der Waals surface area (Å²) in [5.74, 6) is -2.14. The van der Waals surface area contributed by atoms with E-state index < -0.39 is 35.2 Å². The number of nitrogen functional groups attached to an aromatic ring is 1. The lowest BCUT2D eigenvalue weighted by molar-refractivity contribution is 0.0514. The molecule has 0 radical (unpaired) electrons. The van der Waals surface area contributed by atoms with Gasteiger partial charge in [0.1, 0.15) is 11.3 Å². The van der Waals surface area contributed by atoms with Gasteiger partial charge in [-0.15, -0.1) is 0 Å². The summed E-state index contributed by atoms with van der Waals surface area (Å²) in [6.45, 7) is 1.46. The summed E-state index contributed by atoms with van der Waals surface area (Å²) in [6.07, 6.45) is -2.48. The summed E-state index contributed by atoms with van der Waals surface area (Å²) >= 11 is 0. The van der Waals surface area contributed by atoms with Gasteiger partial charge in [-0.05, 0) is 6.92 Å². The number of carbonyl (C=O) groups is 1. The predicted octanol–water partition coefficient (Wildman–Crippen LogP) is 1.92. The highest BCUT2D eigenvalue weighted by molar-refractivity contribution is 5.96. The van der Waals surface area contributed by atoms with E-state index in [9.17, 15) is 18.0 Å². The summed E-state index contributed by atoms with van der Waals surface area (Å²) < 4.78 is 42.5. The van der Waals surface area contributed by atoms with Crippen molar-refractivity contribution in [2.45, 2.75) is 13.3 Å². The molecular formula is C9H9F3N2O2. The highest BCUT2D eigenvalue weighted by atomic mass is 19.3. The molecule has 1 aromatic heterocycles. The fourth-order valence-corrected chi connectivity index (χ4v) is 1.10. The lowest BCUT2D eigenvalue weighted by atomic mass is 10.1. The highest BCUT2D eigenvalue weighted by Gasteiger charge is 2.25. The second-order valence-electron chi connectivity index (χ2n) is 2.80. The molecule has 1 aromatic rings. The minimum atomic E-state index is -3.03. The van der Waals surface area contributed by atoms with Crippen LogP contribution in [0.4, 0.5) is 18.9 Å². The molecule has 7 heteroatoms. The van der Waals surface area contributed by atoms with Crippen LogP contribution in [0.5, 0.6) is 0 Å². The minimum absolute atomic E-state index is 0.0303. The molecule has 0 saturated heterocycles. The van der Waals surface area contributed by atoms with Crippen molar-refractivity contribution in [1.29, 1.82) is 0 Å². The van der Waals surface area contributed by atoms with Crippen LogP contribution in [0.3, 0.4) is 0 Å². The number of ether oxygens (including phenoxy) is 1. The zero-order valence-electron chi connectivity index (χ0n) is 8.34.